The van der Waals surface area contributed by atoms with Crippen LogP contribution >= 0.6 is 0 Å². The first kappa shape index (κ1) is 14.7. The lowest BCUT2D eigenvalue weighted by atomic mass is 10.0. The third-order valence-electron chi connectivity index (χ3n) is 3.43. The van der Waals surface area contributed by atoms with Crippen molar-refractivity contribution >= 4 is 0 Å². The Morgan fingerprint density at radius 2 is 1.80 bits per heavy atom. The van der Waals surface area contributed by atoms with Crippen molar-refractivity contribution in [1.82, 2.24) is 5.32 Å². The van der Waals surface area contributed by atoms with Gasteiger partial charge in [-0.1, -0.05) is 30.3 Å². The van der Waals surface area contributed by atoms with Crippen molar-refractivity contribution in [2.45, 2.75) is 32.9 Å². The summed E-state index contributed by atoms with van der Waals surface area (Å²) in [5.41, 5.74) is 3.33. The third kappa shape index (κ3) is 3.87. The highest BCUT2D eigenvalue weighted by Gasteiger charge is 2.07. The van der Waals surface area contributed by atoms with Crippen LogP contribution in [-0.2, 0) is 13.0 Å². The predicted octanol–water partition coefficient (Wildman–Crippen LogP) is 3.99. The minimum atomic E-state index is -0.804. The Bertz CT molecular complexity index is 581. The van der Waals surface area contributed by atoms with Crippen molar-refractivity contribution in [3.05, 3.63) is 70.8 Å². The molecule has 1 N–H and O–H groups in total. The van der Waals surface area contributed by atoms with Gasteiger partial charge in [0.05, 0.1) is 0 Å². The van der Waals surface area contributed by atoms with Crippen LogP contribution in [0.25, 0.3) is 0 Å². The molecule has 0 aromatic heterocycles. The monoisotopic (exact) mass is 275 g/mol. The summed E-state index contributed by atoms with van der Waals surface area (Å²) in [5, 5.41) is 3.33. The number of rotatable bonds is 5. The van der Waals surface area contributed by atoms with Crippen LogP contribution in [0.2, 0.25) is 0 Å². The molecule has 0 heterocycles. The third-order valence-corrected chi connectivity index (χ3v) is 3.43. The van der Waals surface area contributed by atoms with E-state index >= 15 is 0 Å². The molecular formula is C17H19F2N. The molecule has 2 aromatic rings. The second-order valence-corrected chi connectivity index (χ2v) is 5.16. The van der Waals surface area contributed by atoms with Gasteiger partial charge in [-0.05, 0) is 49.1 Å². The van der Waals surface area contributed by atoms with Crippen molar-refractivity contribution in [3.63, 3.8) is 0 Å². The van der Waals surface area contributed by atoms with Gasteiger partial charge in [0.1, 0.15) is 0 Å². The van der Waals surface area contributed by atoms with Crippen molar-refractivity contribution in [2.75, 3.05) is 0 Å². The highest BCUT2D eigenvalue weighted by molar-refractivity contribution is 5.26. The minimum absolute atomic E-state index is 0.268. The second kappa shape index (κ2) is 6.62. The van der Waals surface area contributed by atoms with Gasteiger partial charge in [-0.3, -0.25) is 0 Å². The average Bonchev–Trinajstić information content (AvgIpc) is 2.43. The Balaban J connectivity index is 1.90. The van der Waals surface area contributed by atoms with Crippen LogP contribution in [-0.4, -0.2) is 6.04 Å². The zero-order chi connectivity index (χ0) is 14.5. The summed E-state index contributed by atoms with van der Waals surface area (Å²) in [6.07, 6.45) is 0.913. The zero-order valence-electron chi connectivity index (χ0n) is 11.8. The molecule has 0 aliphatic carbocycles. The number of aryl methyl sites for hydroxylation is 1. The van der Waals surface area contributed by atoms with E-state index in [4.69, 9.17) is 0 Å². The van der Waals surface area contributed by atoms with Gasteiger partial charge in [-0.25, -0.2) is 8.78 Å². The Labute approximate surface area is 118 Å². The molecule has 0 saturated carbocycles. The lowest BCUT2D eigenvalue weighted by Crippen LogP contribution is -2.27. The Hall–Kier alpha value is -1.74. The Morgan fingerprint density at radius 3 is 2.50 bits per heavy atom. The van der Waals surface area contributed by atoms with Crippen LogP contribution in [0.5, 0.6) is 0 Å². The maximum atomic E-state index is 13.1. The molecule has 0 bridgehead atoms. The van der Waals surface area contributed by atoms with Gasteiger partial charge in [0.25, 0.3) is 0 Å². The molecule has 0 fully saturated rings. The van der Waals surface area contributed by atoms with E-state index in [2.05, 4.69) is 31.3 Å². The number of hydrogen-bond acceptors (Lipinski definition) is 1. The van der Waals surface area contributed by atoms with Crippen LogP contribution in [0, 0.1) is 18.6 Å². The van der Waals surface area contributed by atoms with Crippen molar-refractivity contribution in [2.24, 2.45) is 0 Å². The van der Waals surface area contributed by atoms with Crippen molar-refractivity contribution in [1.29, 1.82) is 0 Å². The molecule has 20 heavy (non-hydrogen) atoms. The first-order valence-corrected chi connectivity index (χ1v) is 6.78. The van der Waals surface area contributed by atoms with Crippen LogP contribution in [0.15, 0.2) is 42.5 Å². The first-order valence-electron chi connectivity index (χ1n) is 6.78. The SMILES string of the molecule is Cc1ccccc1CC(C)NCc1ccc(F)c(F)c1. The standard InChI is InChI=1S/C17H19F2N/c1-12-5-3-4-6-15(12)9-13(2)20-11-14-7-8-16(18)17(19)10-14/h3-8,10,13,20H,9,11H2,1-2H3. The molecule has 3 heteroatoms. The maximum Gasteiger partial charge on any atom is 0.159 e. The summed E-state index contributed by atoms with van der Waals surface area (Å²) in [5.74, 6) is -1.60. The lowest BCUT2D eigenvalue weighted by Gasteiger charge is -2.15. The summed E-state index contributed by atoms with van der Waals surface area (Å²) in [7, 11) is 0. The van der Waals surface area contributed by atoms with Gasteiger partial charge in [0, 0.05) is 12.6 Å². The largest absolute Gasteiger partial charge is 0.310 e. The van der Waals surface area contributed by atoms with Crippen LogP contribution in [0.3, 0.4) is 0 Å². The zero-order valence-corrected chi connectivity index (χ0v) is 11.8. The second-order valence-electron chi connectivity index (χ2n) is 5.16. The fraction of sp³-hybridized carbons (Fsp3) is 0.294. The number of halogens is 2. The molecule has 106 valence electrons. The quantitative estimate of drug-likeness (QED) is 0.870. The van der Waals surface area contributed by atoms with E-state index in [1.165, 1.54) is 23.3 Å². The molecule has 2 aromatic carbocycles. The summed E-state index contributed by atoms with van der Waals surface area (Å²) in [4.78, 5) is 0. The Kier molecular flexibility index (Phi) is 4.85. The highest BCUT2D eigenvalue weighted by Crippen LogP contribution is 2.11. The topological polar surface area (TPSA) is 12.0 Å². The van der Waals surface area contributed by atoms with Gasteiger partial charge in [0.2, 0.25) is 0 Å². The summed E-state index contributed by atoms with van der Waals surface area (Å²) >= 11 is 0. The molecule has 0 radical (unpaired) electrons. The Morgan fingerprint density at radius 1 is 1.05 bits per heavy atom. The highest BCUT2D eigenvalue weighted by atomic mass is 19.2. The molecule has 2 rings (SSSR count). The summed E-state index contributed by atoms with van der Waals surface area (Å²) < 4.78 is 25.9. The first-order chi connectivity index (χ1) is 9.56. The van der Waals surface area contributed by atoms with Gasteiger partial charge in [-0.2, -0.15) is 0 Å². The van der Waals surface area contributed by atoms with E-state index in [1.807, 2.05) is 12.1 Å². The smallest absolute Gasteiger partial charge is 0.159 e. The van der Waals surface area contributed by atoms with Crippen LogP contribution in [0.4, 0.5) is 8.78 Å². The van der Waals surface area contributed by atoms with Crippen molar-refractivity contribution in [3.8, 4) is 0 Å². The van der Waals surface area contributed by atoms with Gasteiger partial charge >= 0.3 is 0 Å². The number of benzene rings is 2. The molecule has 0 amide bonds. The van der Waals surface area contributed by atoms with E-state index in [9.17, 15) is 8.78 Å². The summed E-state index contributed by atoms with van der Waals surface area (Å²) in [6.45, 7) is 4.72. The summed E-state index contributed by atoms with van der Waals surface area (Å²) in [6, 6.07) is 12.5. The van der Waals surface area contributed by atoms with E-state index in [-0.39, 0.29) is 6.04 Å². The van der Waals surface area contributed by atoms with E-state index in [0.717, 1.165) is 12.0 Å². The molecule has 0 aliphatic rings. The normalized spacial score (nSPS) is 12.4. The molecule has 0 spiro atoms. The van der Waals surface area contributed by atoms with E-state index in [1.54, 1.807) is 6.07 Å². The molecule has 1 atom stereocenters. The van der Waals surface area contributed by atoms with Gasteiger partial charge in [-0.15, -0.1) is 0 Å². The molecule has 0 saturated heterocycles. The van der Waals surface area contributed by atoms with E-state index < -0.39 is 11.6 Å². The van der Waals surface area contributed by atoms with Crippen molar-refractivity contribution < 1.29 is 8.78 Å². The fourth-order valence-electron chi connectivity index (χ4n) is 2.18. The number of nitrogens with one attached hydrogen (secondary N) is 1. The van der Waals surface area contributed by atoms with Crippen LogP contribution < -0.4 is 5.32 Å². The molecular weight excluding hydrogens is 256 g/mol. The lowest BCUT2D eigenvalue weighted by molar-refractivity contribution is 0.502. The van der Waals surface area contributed by atoms with Crippen LogP contribution in [0.1, 0.15) is 23.6 Å². The van der Waals surface area contributed by atoms with E-state index in [0.29, 0.717) is 6.54 Å². The maximum absolute atomic E-state index is 13.1. The molecule has 1 unspecified atom stereocenters. The van der Waals surface area contributed by atoms with Gasteiger partial charge in [0.15, 0.2) is 11.6 Å². The minimum Gasteiger partial charge on any atom is -0.310 e. The van der Waals surface area contributed by atoms with Gasteiger partial charge < -0.3 is 5.32 Å². The molecule has 1 nitrogen and oxygen atoms in total. The fourth-order valence-corrected chi connectivity index (χ4v) is 2.18. The predicted molar refractivity (Wildman–Crippen MR) is 77.5 cm³/mol. The molecule has 0 aliphatic heterocycles. The number of hydrogen-bond donors (Lipinski definition) is 1. The average molecular weight is 275 g/mol.